The molecule has 0 unspecified atom stereocenters. The first-order valence-corrected chi connectivity index (χ1v) is 10.4. The van der Waals surface area contributed by atoms with Crippen LogP contribution in [0.3, 0.4) is 0 Å². The number of rotatable bonds is 2. The molecule has 0 saturated heterocycles. The van der Waals surface area contributed by atoms with E-state index in [1.807, 2.05) is 18.2 Å². The number of benzene rings is 5. The van der Waals surface area contributed by atoms with Crippen LogP contribution in [-0.4, -0.2) is 4.57 Å². The lowest BCUT2D eigenvalue weighted by Gasteiger charge is -2.16. The van der Waals surface area contributed by atoms with Crippen molar-refractivity contribution in [3.05, 3.63) is 114 Å². The van der Waals surface area contributed by atoms with Crippen molar-refractivity contribution >= 4 is 44.2 Å². The van der Waals surface area contributed by atoms with Crippen molar-refractivity contribution < 1.29 is 0 Å². The zero-order valence-electron chi connectivity index (χ0n) is 16.2. The number of hydrogen-bond acceptors (Lipinski definition) is 0. The summed E-state index contributed by atoms with van der Waals surface area (Å²) in [6.45, 7) is 0. The number of para-hydroxylation sites is 2. The summed E-state index contributed by atoms with van der Waals surface area (Å²) in [7, 11) is 0. The third-order valence-corrected chi connectivity index (χ3v) is 6.06. The number of nitrogens with zero attached hydrogens (tertiary/aromatic N) is 1. The van der Waals surface area contributed by atoms with Crippen LogP contribution < -0.4 is 0 Å². The second-order valence-electron chi connectivity index (χ2n) is 7.60. The van der Waals surface area contributed by atoms with Crippen molar-refractivity contribution in [1.82, 2.24) is 4.57 Å². The highest BCUT2D eigenvalue weighted by Gasteiger charge is 2.16. The summed E-state index contributed by atoms with van der Waals surface area (Å²) in [6.07, 6.45) is 0. The van der Waals surface area contributed by atoms with Gasteiger partial charge < -0.3 is 4.57 Å². The lowest BCUT2D eigenvalue weighted by atomic mass is 9.98. The summed E-state index contributed by atoms with van der Waals surface area (Å²) in [5.74, 6) is 0. The first kappa shape index (κ1) is 17.3. The summed E-state index contributed by atoms with van der Waals surface area (Å²) in [5.41, 5.74) is 5.86. The molecule has 0 atom stereocenters. The van der Waals surface area contributed by atoms with Gasteiger partial charge in [0.15, 0.2) is 0 Å². The molecule has 6 rings (SSSR count). The first-order chi connectivity index (χ1) is 14.8. The van der Waals surface area contributed by atoms with Gasteiger partial charge in [-0.2, -0.15) is 0 Å². The van der Waals surface area contributed by atoms with Crippen molar-refractivity contribution in [2.24, 2.45) is 0 Å². The molecule has 0 aliphatic heterocycles. The van der Waals surface area contributed by atoms with Crippen LogP contribution in [0.4, 0.5) is 0 Å². The highest BCUT2D eigenvalue weighted by atomic mass is 35.5. The van der Waals surface area contributed by atoms with Gasteiger partial charge in [0, 0.05) is 21.4 Å². The molecular weight excluding hydrogens is 386 g/mol. The number of hydrogen-bond donors (Lipinski definition) is 0. The summed E-state index contributed by atoms with van der Waals surface area (Å²) in [6, 6.07) is 38.5. The zero-order chi connectivity index (χ0) is 20.1. The third kappa shape index (κ3) is 2.63. The SMILES string of the molecule is Clc1cccc(-c2cc3ccccc3cc2-n2c3ccccc3c3ccccc32)c1. The van der Waals surface area contributed by atoms with Gasteiger partial charge in [0.1, 0.15) is 0 Å². The fraction of sp³-hybridized carbons (Fsp3) is 0. The van der Waals surface area contributed by atoms with Crippen molar-refractivity contribution in [3.8, 4) is 16.8 Å². The lowest BCUT2D eigenvalue weighted by Crippen LogP contribution is -1.97. The zero-order valence-corrected chi connectivity index (χ0v) is 17.0. The van der Waals surface area contributed by atoms with Crippen LogP contribution in [0, 0.1) is 0 Å². The molecule has 1 aromatic heterocycles. The average Bonchev–Trinajstić information content (AvgIpc) is 3.13. The monoisotopic (exact) mass is 403 g/mol. The van der Waals surface area contributed by atoms with E-state index >= 15 is 0 Å². The van der Waals surface area contributed by atoms with Gasteiger partial charge in [0.05, 0.1) is 16.7 Å². The molecule has 0 saturated carbocycles. The summed E-state index contributed by atoms with van der Waals surface area (Å²) in [4.78, 5) is 0. The smallest absolute Gasteiger partial charge is 0.0546 e. The minimum absolute atomic E-state index is 0.744. The minimum atomic E-state index is 0.744. The van der Waals surface area contributed by atoms with E-state index < -0.39 is 0 Å². The van der Waals surface area contributed by atoms with Crippen LogP contribution in [0.5, 0.6) is 0 Å². The maximum Gasteiger partial charge on any atom is 0.0546 e. The average molecular weight is 404 g/mol. The van der Waals surface area contributed by atoms with Gasteiger partial charge in [-0.1, -0.05) is 84.4 Å². The lowest BCUT2D eigenvalue weighted by molar-refractivity contribution is 1.19. The van der Waals surface area contributed by atoms with Crippen LogP contribution in [0.15, 0.2) is 109 Å². The van der Waals surface area contributed by atoms with Crippen LogP contribution >= 0.6 is 11.6 Å². The summed E-state index contributed by atoms with van der Waals surface area (Å²) < 4.78 is 2.38. The maximum atomic E-state index is 6.37. The fourth-order valence-electron chi connectivity index (χ4n) is 4.48. The molecule has 1 nitrogen and oxygen atoms in total. The van der Waals surface area contributed by atoms with Crippen LogP contribution in [0.25, 0.3) is 49.4 Å². The summed E-state index contributed by atoms with van der Waals surface area (Å²) in [5, 5.41) is 5.71. The number of fused-ring (bicyclic) bond motifs is 4. The van der Waals surface area contributed by atoms with E-state index in [9.17, 15) is 0 Å². The molecule has 0 radical (unpaired) electrons. The molecule has 0 amide bonds. The minimum Gasteiger partial charge on any atom is -0.309 e. The molecule has 142 valence electrons. The van der Waals surface area contributed by atoms with Crippen molar-refractivity contribution in [2.75, 3.05) is 0 Å². The van der Waals surface area contributed by atoms with Gasteiger partial charge in [0.2, 0.25) is 0 Å². The number of halogens is 1. The first-order valence-electron chi connectivity index (χ1n) is 10.1. The quantitative estimate of drug-likeness (QED) is 0.274. The van der Waals surface area contributed by atoms with Crippen LogP contribution in [0.2, 0.25) is 5.02 Å². The number of aromatic nitrogens is 1. The topological polar surface area (TPSA) is 4.93 Å². The molecule has 0 N–H and O–H groups in total. The Morgan fingerprint density at radius 3 is 1.80 bits per heavy atom. The van der Waals surface area contributed by atoms with Crippen LogP contribution in [-0.2, 0) is 0 Å². The van der Waals surface area contributed by atoms with E-state index in [2.05, 4.69) is 95.6 Å². The van der Waals surface area contributed by atoms with Crippen molar-refractivity contribution in [3.63, 3.8) is 0 Å². The Labute approximate surface area is 179 Å². The van der Waals surface area contributed by atoms with E-state index in [4.69, 9.17) is 11.6 Å². The van der Waals surface area contributed by atoms with Gasteiger partial charge in [-0.15, -0.1) is 0 Å². The van der Waals surface area contributed by atoms with E-state index in [0.717, 1.165) is 16.3 Å². The second kappa shape index (κ2) is 6.76. The molecule has 0 aliphatic rings. The van der Waals surface area contributed by atoms with Crippen LogP contribution in [0.1, 0.15) is 0 Å². The molecule has 6 aromatic rings. The van der Waals surface area contributed by atoms with E-state index in [1.54, 1.807) is 0 Å². The fourth-order valence-corrected chi connectivity index (χ4v) is 4.67. The molecule has 30 heavy (non-hydrogen) atoms. The standard InChI is InChI=1S/C28H18ClN/c29-22-11-7-10-21(16-22)25-17-19-8-1-2-9-20(19)18-28(25)30-26-14-5-3-12-23(26)24-13-4-6-15-27(24)30/h1-18H. The van der Waals surface area contributed by atoms with Gasteiger partial charge >= 0.3 is 0 Å². The summed E-state index contributed by atoms with van der Waals surface area (Å²) >= 11 is 6.37. The second-order valence-corrected chi connectivity index (χ2v) is 8.03. The highest BCUT2D eigenvalue weighted by molar-refractivity contribution is 6.30. The van der Waals surface area contributed by atoms with E-state index in [-0.39, 0.29) is 0 Å². The van der Waals surface area contributed by atoms with E-state index in [0.29, 0.717) is 0 Å². The highest BCUT2D eigenvalue weighted by Crippen LogP contribution is 2.38. The molecule has 0 fully saturated rings. The Morgan fingerprint density at radius 1 is 0.533 bits per heavy atom. The van der Waals surface area contributed by atoms with Gasteiger partial charge in [-0.3, -0.25) is 0 Å². The molecule has 0 spiro atoms. The molecule has 0 aliphatic carbocycles. The molecule has 0 bridgehead atoms. The molecule has 2 heteroatoms. The molecule has 1 heterocycles. The van der Waals surface area contributed by atoms with Gasteiger partial charge in [0.25, 0.3) is 0 Å². The Morgan fingerprint density at radius 2 is 1.13 bits per heavy atom. The maximum absolute atomic E-state index is 6.37. The normalized spacial score (nSPS) is 11.5. The van der Waals surface area contributed by atoms with Crippen molar-refractivity contribution in [2.45, 2.75) is 0 Å². The largest absolute Gasteiger partial charge is 0.309 e. The Balaban J connectivity index is 1.80. The van der Waals surface area contributed by atoms with Gasteiger partial charge in [-0.25, -0.2) is 0 Å². The van der Waals surface area contributed by atoms with E-state index in [1.165, 1.54) is 38.1 Å². The molecular formula is C28H18ClN. The molecule has 5 aromatic carbocycles. The van der Waals surface area contributed by atoms with Gasteiger partial charge in [-0.05, 0) is 52.7 Å². The van der Waals surface area contributed by atoms with Crippen molar-refractivity contribution in [1.29, 1.82) is 0 Å². The predicted molar refractivity (Wildman–Crippen MR) is 129 cm³/mol. The third-order valence-electron chi connectivity index (χ3n) is 5.82. The Kier molecular flexibility index (Phi) is 3.90. The Hall–Kier alpha value is -3.55. The Bertz CT molecular complexity index is 1500. The predicted octanol–water partition coefficient (Wildman–Crippen LogP) is 8.26.